The molecule has 1 aromatic heterocycles. The van der Waals surface area contributed by atoms with Crippen LogP contribution in [0.4, 0.5) is 0 Å². The van der Waals surface area contributed by atoms with Crippen LogP contribution in [0.1, 0.15) is 11.1 Å². The normalized spacial score (nSPS) is 12.1. The van der Waals surface area contributed by atoms with Gasteiger partial charge < -0.3 is 5.11 Å². The zero-order valence-electron chi connectivity index (χ0n) is 10.5. The lowest BCUT2D eigenvalue weighted by atomic mass is 10.1. The van der Waals surface area contributed by atoms with Crippen LogP contribution in [0.3, 0.4) is 0 Å². The van der Waals surface area contributed by atoms with Gasteiger partial charge in [-0.05, 0) is 24.5 Å². The first-order valence-electron chi connectivity index (χ1n) is 5.87. The van der Waals surface area contributed by atoms with Crippen molar-refractivity contribution >= 4 is 17.7 Å². The number of aliphatic carboxylic acids is 1. The van der Waals surface area contributed by atoms with Gasteiger partial charge in [0, 0.05) is 12.4 Å². The second kappa shape index (κ2) is 6.33. The van der Waals surface area contributed by atoms with Crippen molar-refractivity contribution in [3.63, 3.8) is 0 Å². The van der Waals surface area contributed by atoms with Crippen LogP contribution in [-0.4, -0.2) is 26.3 Å². The summed E-state index contributed by atoms with van der Waals surface area (Å²) in [5.41, 5.74) is 1.95. The highest BCUT2D eigenvalue weighted by Crippen LogP contribution is 2.22. The van der Waals surface area contributed by atoms with E-state index in [1.807, 2.05) is 37.3 Å². The first-order valence-corrected chi connectivity index (χ1v) is 6.75. The van der Waals surface area contributed by atoms with E-state index in [0.29, 0.717) is 11.6 Å². The number of carboxylic acids is 1. The maximum Gasteiger partial charge on any atom is 0.317 e. The highest BCUT2D eigenvalue weighted by molar-refractivity contribution is 8.00. The van der Waals surface area contributed by atoms with E-state index in [2.05, 4.69) is 9.97 Å². The molecule has 5 heteroatoms. The van der Waals surface area contributed by atoms with Crippen LogP contribution >= 0.6 is 11.8 Å². The van der Waals surface area contributed by atoms with Crippen molar-refractivity contribution in [3.8, 4) is 0 Å². The maximum absolute atomic E-state index is 11.3. The minimum Gasteiger partial charge on any atom is -0.480 e. The maximum atomic E-state index is 11.3. The molecule has 98 valence electrons. The number of nitrogens with zero attached hydrogens (tertiary/aromatic N) is 2. The summed E-state index contributed by atoms with van der Waals surface area (Å²) in [4.78, 5) is 19.6. The Labute approximate surface area is 115 Å². The average molecular weight is 274 g/mol. The molecular formula is C14H14N2O2S. The summed E-state index contributed by atoms with van der Waals surface area (Å²) in [6.45, 7) is 1.90. The number of aryl methyl sites for hydroxylation is 1. The van der Waals surface area contributed by atoms with E-state index in [1.165, 1.54) is 11.8 Å². The van der Waals surface area contributed by atoms with E-state index in [4.69, 9.17) is 0 Å². The number of thioether (sulfide) groups is 1. The first-order chi connectivity index (χ1) is 9.15. The highest BCUT2D eigenvalue weighted by Gasteiger charge is 2.20. The third kappa shape index (κ3) is 4.06. The van der Waals surface area contributed by atoms with Crippen molar-refractivity contribution in [1.82, 2.24) is 9.97 Å². The monoisotopic (exact) mass is 274 g/mol. The molecule has 0 fully saturated rings. The van der Waals surface area contributed by atoms with Crippen molar-refractivity contribution in [2.24, 2.45) is 0 Å². The largest absolute Gasteiger partial charge is 0.480 e. The minimum absolute atomic E-state index is 0.456. The van der Waals surface area contributed by atoms with E-state index >= 15 is 0 Å². The highest BCUT2D eigenvalue weighted by atomic mass is 32.2. The Hall–Kier alpha value is -1.88. The Kier molecular flexibility index (Phi) is 4.52. The Morgan fingerprint density at radius 2 is 1.89 bits per heavy atom. The van der Waals surface area contributed by atoms with Crippen LogP contribution in [0.2, 0.25) is 0 Å². The van der Waals surface area contributed by atoms with Crippen LogP contribution in [0.15, 0.2) is 47.9 Å². The molecule has 4 nitrogen and oxygen atoms in total. The first kappa shape index (κ1) is 13.5. The number of hydrogen-bond acceptors (Lipinski definition) is 4. The second-order valence-corrected chi connectivity index (χ2v) is 5.35. The summed E-state index contributed by atoms with van der Waals surface area (Å²) in [5.74, 6) is -0.849. The van der Waals surface area contributed by atoms with Gasteiger partial charge in [-0.25, -0.2) is 9.97 Å². The molecule has 1 unspecified atom stereocenters. The average Bonchev–Trinajstić information content (AvgIpc) is 2.41. The smallest absolute Gasteiger partial charge is 0.317 e. The van der Waals surface area contributed by atoms with Gasteiger partial charge in [0.1, 0.15) is 5.25 Å². The number of hydrogen-bond donors (Lipinski definition) is 1. The molecular weight excluding hydrogens is 260 g/mol. The van der Waals surface area contributed by atoms with Crippen molar-refractivity contribution in [1.29, 1.82) is 0 Å². The van der Waals surface area contributed by atoms with Gasteiger partial charge in [-0.15, -0.1) is 0 Å². The molecule has 0 spiro atoms. The zero-order valence-corrected chi connectivity index (χ0v) is 11.3. The van der Waals surface area contributed by atoms with Crippen LogP contribution < -0.4 is 0 Å². The number of rotatable bonds is 5. The lowest BCUT2D eigenvalue weighted by Gasteiger charge is -2.10. The van der Waals surface area contributed by atoms with E-state index < -0.39 is 11.2 Å². The summed E-state index contributed by atoms with van der Waals surface area (Å²) >= 11 is 1.18. The number of carboxylic acid groups (broad SMARTS) is 1. The van der Waals surface area contributed by atoms with Gasteiger partial charge in [0.05, 0.1) is 0 Å². The van der Waals surface area contributed by atoms with Gasteiger partial charge in [0.2, 0.25) is 0 Å². The SMILES string of the molecule is Cc1cnc(SC(Cc2ccccc2)C(=O)O)nc1. The number of aromatic nitrogens is 2. The predicted molar refractivity (Wildman–Crippen MR) is 74.2 cm³/mol. The molecule has 2 aromatic rings. The molecule has 1 N–H and O–H groups in total. The topological polar surface area (TPSA) is 63.1 Å². The van der Waals surface area contributed by atoms with Crippen LogP contribution in [0.25, 0.3) is 0 Å². The summed E-state index contributed by atoms with van der Waals surface area (Å²) in [6.07, 6.45) is 3.84. The molecule has 0 aliphatic rings. The van der Waals surface area contributed by atoms with E-state index in [1.54, 1.807) is 12.4 Å². The summed E-state index contributed by atoms with van der Waals surface area (Å²) < 4.78 is 0. The number of benzene rings is 1. The van der Waals surface area contributed by atoms with Gasteiger partial charge in [-0.1, -0.05) is 42.1 Å². The molecule has 2 rings (SSSR count). The third-order valence-electron chi connectivity index (χ3n) is 2.54. The van der Waals surface area contributed by atoms with Crippen LogP contribution in [-0.2, 0) is 11.2 Å². The zero-order chi connectivity index (χ0) is 13.7. The molecule has 19 heavy (non-hydrogen) atoms. The molecule has 1 aromatic carbocycles. The van der Waals surface area contributed by atoms with Gasteiger partial charge in [-0.2, -0.15) is 0 Å². The molecule has 0 aliphatic carbocycles. The Morgan fingerprint density at radius 1 is 1.26 bits per heavy atom. The summed E-state index contributed by atoms with van der Waals surface area (Å²) in [6, 6.07) is 9.57. The Bertz CT molecular complexity index is 543. The second-order valence-electron chi connectivity index (χ2n) is 4.18. The standard InChI is InChI=1S/C14H14N2O2S/c1-10-8-15-14(16-9-10)19-12(13(17)18)7-11-5-3-2-4-6-11/h2-6,8-9,12H,7H2,1H3,(H,17,18). The molecule has 0 saturated heterocycles. The summed E-state index contributed by atoms with van der Waals surface area (Å²) in [5, 5.41) is 9.19. The number of carbonyl (C=O) groups is 1. The molecule has 1 atom stereocenters. The fourth-order valence-electron chi connectivity index (χ4n) is 1.58. The van der Waals surface area contributed by atoms with E-state index in [-0.39, 0.29) is 0 Å². The molecule has 1 heterocycles. The van der Waals surface area contributed by atoms with E-state index in [0.717, 1.165) is 11.1 Å². The van der Waals surface area contributed by atoms with Crippen LogP contribution in [0.5, 0.6) is 0 Å². The van der Waals surface area contributed by atoms with Gasteiger partial charge in [0.25, 0.3) is 0 Å². The Morgan fingerprint density at radius 3 is 2.47 bits per heavy atom. The Balaban J connectivity index is 2.08. The van der Waals surface area contributed by atoms with Crippen LogP contribution in [0, 0.1) is 6.92 Å². The molecule has 0 bridgehead atoms. The molecule has 0 amide bonds. The lowest BCUT2D eigenvalue weighted by molar-refractivity contribution is -0.136. The van der Waals surface area contributed by atoms with Gasteiger partial charge in [0.15, 0.2) is 5.16 Å². The fraction of sp³-hybridized carbons (Fsp3) is 0.214. The van der Waals surface area contributed by atoms with E-state index in [9.17, 15) is 9.90 Å². The summed E-state index contributed by atoms with van der Waals surface area (Å²) in [7, 11) is 0. The molecule has 0 saturated carbocycles. The third-order valence-corrected chi connectivity index (χ3v) is 3.62. The predicted octanol–water partition coefficient (Wildman–Crippen LogP) is 2.57. The van der Waals surface area contributed by atoms with Crippen molar-refractivity contribution < 1.29 is 9.90 Å². The van der Waals surface area contributed by atoms with Crippen molar-refractivity contribution in [2.45, 2.75) is 23.8 Å². The molecule has 0 aliphatic heterocycles. The van der Waals surface area contributed by atoms with Gasteiger partial charge >= 0.3 is 5.97 Å². The minimum atomic E-state index is -0.849. The molecule has 0 radical (unpaired) electrons. The van der Waals surface area contributed by atoms with Gasteiger partial charge in [-0.3, -0.25) is 4.79 Å². The van der Waals surface area contributed by atoms with Crippen molar-refractivity contribution in [3.05, 3.63) is 53.9 Å². The lowest BCUT2D eigenvalue weighted by Crippen LogP contribution is -2.19. The quantitative estimate of drug-likeness (QED) is 0.670. The fourth-order valence-corrected chi connectivity index (χ4v) is 2.43. The van der Waals surface area contributed by atoms with Crippen molar-refractivity contribution in [2.75, 3.05) is 0 Å².